The van der Waals surface area contributed by atoms with Crippen LogP contribution in [0.5, 0.6) is 0 Å². The monoisotopic (exact) mass is 310 g/mol. The smallest absolute Gasteiger partial charge is 0.288 e. The van der Waals surface area contributed by atoms with E-state index in [0.29, 0.717) is 0 Å². The van der Waals surface area contributed by atoms with Crippen LogP contribution in [0.4, 0.5) is 0 Å². The Morgan fingerprint density at radius 3 is 2.56 bits per heavy atom. The average molecular weight is 312 g/mol. The molecule has 1 atom stereocenters. The van der Waals surface area contributed by atoms with Crippen molar-refractivity contribution < 1.29 is 9.21 Å². The van der Waals surface area contributed by atoms with Crippen molar-refractivity contribution in [3.8, 4) is 0 Å². The fourth-order valence-corrected chi connectivity index (χ4v) is 2.56. The minimum absolute atomic E-state index is 0.202. The lowest BCUT2D eigenvalue weighted by atomic mass is 10.4. The number of hydrogen-bond donors (Lipinski definition) is 1. The van der Waals surface area contributed by atoms with Crippen molar-refractivity contribution in [2.24, 2.45) is 0 Å². The first kappa shape index (κ1) is 14.0. The number of nitrogens with one attached hydrogen (secondary N) is 1. The number of hydrogen-bond acceptors (Lipinski definition) is 3. The second-order valence-electron chi connectivity index (χ2n) is 4.14. The van der Waals surface area contributed by atoms with E-state index in [4.69, 9.17) is 39.2 Å². The number of amides is 1. The summed E-state index contributed by atoms with van der Waals surface area (Å²) in [5.41, 5.74) is 0. The van der Waals surface area contributed by atoms with Gasteiger partial charge in [-0.15, -0.1) is 0 Å². The molecule has 0 aromatic carbocycles. The number of carbonyl (C=O) groups excluding carboxylic acids is 1. The maximum absolute atomic E-state index is 11.9. The number of rotatable bonds is 3. The molecule has 100 valence electrons. The Bertz CT molecular complexity index is 397. The quantitative estimate of drug-likeness (QED) is 0.873. The Labute approximate surface area is 120 Å². The molecule has 4 nitrogen and oxygen atoms in total. The molecule has 0 saturated carbocycles. The van der Waals surface area contributed by atoms with Crippen LogP contribution in [-0.2, 0) is 0 Å². The standard InChI is InChI=1S/C11H13Cl3N2O2/c12-11(13,14)10(16-5-1-2-6-16)15-9(17)8-4-3-7-18-8/h3-4,7,10H,1-2,5-6H2,(H,15,17)/t10-/m1/s1. The van der Waals surface area contributed by atoms with Gasteiger partial charge < -0.3 is 9.73 Å². The van der Waals surface area contributed by atoms with Gasteiger partial charge in [-0.2, -0.15) is 0 Å². The molecule has 1 amide bonds. The first-order chi connectivity index (χ1) is 8.48. The Balaban J connectivity index is 2.08. The molecule has 18 heavy (non-hydrogen) atoms. The molecule has 7 heteroatoms. The van der Waals surface area contributed by atoms with Crippen LogP contribution in [0.3, 0.4) is 0 Å². The predicted octanol–water partition coefficient (Wildman–Crippen LogP) is 2.80. The van der Waals surface area contributed by atoms with Crippen LogP contribution in [0, 0.1) is 0 Å². The van der Waals surface area contributed by atoms with E-state index in [1.54, 1.807) is 12.1 Å². The van der Waals surface area contributed by atoms with Crippen molar-refractivity contribution in [1.82, 2.24) is 10.2 Å². The van der Waals surface area contributed by atoms with Crippen LogP contribution < -0.4 is 5.32 Å². The SMILES string of the molecule is O=C(N[C@H](N1CCCC1)C(Cl)(Cl)Cl)c1ccco1. The average Bonchev–Trinajstić information content (AvgIpc) is 2.96. The molecule has 0 bridgehead atoms. The molecule has 2 rings (SSSR count). The topological polar surface area (TPSA) is 45.5 Å². The third kappa shape index (κ3) is 3.32. The summed E-state index contributed by atoms with van der Waals surface area (Å²) >= 11 is 17.8. The zero-order valence-corrected chi connectivity index (χ0v) is 11.8. The molecule has 1 fully saturated rings. The van der Waals surface area contributed by atoms with E-state index in [1.165, 1.54) is 6.26 Å². The van der Waals surface area contributed by atoms with E-state index in [9.17, 15) is 4.79 Å². The number of halogens is 3. The summed E-state index contributed by atoms with van der Waals surface area (Å²) in [6, 6.07) is 3.20. The Morgan fingerprint density at radius 1 is 1.39 bits per heavy atom. The number of furan rings is 1. The molecule has 0 unspecified atom stereocenters. The molecule has 0 aliphatic carbocycles. The predicted molar refractivity (Wildman–Crippen MR) is 71.1 cm³/mol. The molecule has 1 aliphatic heterocycles. The summed E-state index contributed by atoms with van der Waals surface area (Å²) in [5.74, 6) is -0.184. The van der Waals surface area contributed by atoms with Gasteiger partial charge in [0.1, 0.15) is 6.17 Å². The maximum atomic E-state index is 11.9. The van der Waals surface area contributed by atoms with Gasteiger partial charge in [0.2, 0.25) is 3.79 Å². The minimum atomic E-state index is -1.58. The summed E-state index contributed by atoms with van der Waals surface area (Å²) in [6.45, 7) is 1.61. The minimum Gasteiger partial charge on any atom is -0.459 e. The first-order valence-electron chi connectivity index (χ1n) is 5.63. The highest BCUT2D eigenvalue weighted by Gasteiger charge is 2.39. The van der Waals surface area contributed by atoms with Crippen LogP contribution in [0.15, 0.2) is 22.8 Å². The molecule has 0 radical (unpaired) electrons. The molecule has 2 heterocycles. The normalized spacial score (nSPS) is 18.8. The van der Waals surface area contributed by atoms with Gasteiger partial charge >= 0.3 is 0 Å². The third-order valence-electron chi connectivity index (χ3n) is 2.83. The lowest BCUT2D eigenvalue weighted by Gasteiger charge is -2.33. The molecule has 1 saturated heterocycles. The highest BCUT2D eigenvalue weighted by atomic mass is 35.6. The molecule has 1 aliphatic rings. The van der Waals surface area contributed by atoms with Gasteiger partial charge in [-0.3, -0.25) is 9.69 Å². The van der Waals surface area contributed by atoms with Gasteiger partial charge in [0, 0.05) is 13.1 Å². The highest BCUT2D eigenvalue weighted by Crippen LogP contribution is 2.33. The summed E-state index contributed by atoms with van der Waals surface area (Å²) in [6.07, 6.45) is 2.85. The summed E-state index contributed by atoms with van der Waals surface area (Å²) < 4.78 is 3.43. The first-order valence-corrected chi connectivity index (χ1v) is 6.77. The van der Waals surface area contributed by atoms with Gasteiger partial charge in [-0.1, -0.05) is 34.8 Å². The van der Waals surface area contributed by atoms with Gasteiger partial charge in [0.25, 0.3) is 5.91 Å². The second kappa shape index (κ2) is 5.70. The fourth-order valence-electron chi connectivity index (χ4n) is 1.98. The summed E-state index contributed by atoms with van der Waals surface area (Å²) in [7, 11) is 0. The van der Waals surface area contributed by atoms with Gasteiger partial charge in [-0.05, 0) is 25.0 Å². The van der Waals surface area contributed by atoms with Gasteiger partial charge in [0.15, 0.2) is 5.76 Å². The van der Waals surface area contributed by atoms with E-state index in [0.717, 1.165) is 25.9 Å². The Kier molecular flexibility index (Phi) is 4.43. The Morgan fingerprint density at radius 2 is 2.06 bits per heavy atom. The lowest BCUT2D eigenvalue weighted by molar-refractivity contribution is 0.0846. The van der Waals surface area contributed by atoms with E-state index in [-0.39, 0.29) is 11.7 Å². The lowest BCUT2D eigenvalue weighted by Crippen LogP contribution is -2.54. The number of likely N-dealkylation sites (tertiary alicyclic amines) is 1. The molecular formula is C11H13Cl3N2O2. The van der Waals surface area contributed by atoms with Crippen molar-refractivity contribution in [3.05, 3.63) is 24.2 Å². The van der Waals surface area contributed by atoms with E-state index < -0.39 is 9.96 Å². The molecular weight excluding hydrogens is 298 g/mol. The largest absolute Gasteiger partial charge is 0.459 e. The number of nitrogens with zero attached hydrogens (tertiary/aromatic N) is 1. The van der Waals surface area contributed by atoms with Crippen LogP contribution in [-0.4, -0.2) is 33.9 Å². The maximum Gasteiger partial charge on any atom is 0.288 e. The molecule has 1 aromatic heterocycles. The molecule has 0 spiro atoms. The van der Waals surface area contributed by atoms with E-state index in [1.807, 2.05) is 4.90 Å². The van der Waals surface area contributed by atoms with Crippen molar-refractivity contribution in [1.29, 1.82) is 0 Å². The van der Waals surface area contributed by atoms with E-state index in [2.05, 4.69) is 5.32 Å². The molecule has 1 N–H and O–H groups in total. The number of alkyl halides is 3. The van der Waals surface area contributed by atoms with Crippen molar-refractivity contribution in [2.75, 3.05) is 13.1 Å². The van der Waals surface area contributed by atoms with Gasteiger partial charge in [0.05, 0.1) is 6.26 Å². The highest BCUT2D eigenvalue weighted by molar-refractivity contribution is 6.68. The zero-order chi connectivity index (χ0) is 13.2. The van der Waals surface area contributed by atoms with Crippen LogP contribution >= 0.6 is 34.8 Å². The third-order valence-corrected chi connectivity index (χ3v) is 3.45. The van der Waals surface area contributed by atoms with Crippen LogP contribution in [0.25, 0.3) is 0 Å². The summed E-state index contributed by atoms with van der Waals surface area (Å²) in [4.78, 5) is 13.9. The van der Waals surface area contributed by atoms with Crippen molar-refractivity contribution >= 4 is 40.7 Å². The number of carbonyl (C=O) groups is 1. The van der Waals surface area contributed by atoms with Crippen LogP contribution in [0.2, 0.25) is 0 Å². The van der Waals surface area contributed by atoms with Gasteiger partial charge in [-0.25, -0.2) is 0 Å². The van der Waals surface area contributed by atoms with E-state index >= 15 is 0 Å². The fraction of sp³-hybridized carbons (Fsp3) is 0.545. The summed E-state index contributed by atoms with van der Waals surface area (Å²) in [5, 5.41) is 2.70. The zero-order valence-electron chi connectivity index (χ0n) is 9.54. The molecule has 1 aromatic rings. The second-order valence-corrected chi connectivity index (χ2v) is 6.51. The van der Waals surface area contributed by atoms with Crippen molar-refractivity contribution in [2.45, 2.75) is 22.8 Å². The Hall–Kier alpha value is -0.420. The van der Waals surface area contributed by atoms with Crippen molar-refractivity contribution in [3.63, 3.8) is 0 Å². The van der Waals surface area contributed by atoms with Crippen LogP contribution in [0.1, 0.15) is 23.4 Å².